The molecule has 0 atom stereocenters. The van der Waals surface area contributed by atoms with Gasteiger partial charge in [-0.2, -0.15) is 5.10 Å². The van der Waals surface area contributed by atoms with Gasteiger partial charge in [-0.3, -0.25) is 0 Å². The Bertz CT molecular complexity index is 698. The minimum Gasteiger partial charge on any atom is -0.326 e. The first-order valence-electron chi connectivity index (χ1n) is 6.34. The SMILES string of the molecule is Cc1ccc(Cc2nc3ccc(CN)cn3n2)cc1. The molecule has 2 N–H and O–H groups in total. The van der Waals surface area contributed by atoms with E-state index < -0.39 is 0 Å². The van der Waals surface area contributed by atoms with Crippen molar-refractivity contribution in [2.45, 2.75) is 19.9 Å². The van der Waals surface area contributed by atoms with Crippen LogP contribution in [0.25, 0.3) is 5.65 Å². The molecule has 4 nitrogen and oxygen atoms in total. The number of benzene rings is 1. The molecule has 0 aliphatic rings. The van der Waals surface area contributed by atoms with Gasteiger partial charge in [0.05, 0.1) is 0 Å². The highest BCUT2D eigenvalue weighted by molar-refractivity contribution is 5.39. The molecule has 0 saturated carbocycles. The van der Waals surface area contributed by atoms with Gasteiger partial charge in [0.1, 0.15) is 0 Å². The normalized spacial score (nSPS) is 11.1. The summed E-state index contributed by atoms with van der Waals surface area (Å²) < 4.78 is 1.80. The van der Waals surface area contributed by atoms with Crippen molar-refractivity contribution in [3.8, 4) is 0 Å². The highest BCUT2D eigenvalue weighted by Crippen LogP contribution is 2.10. The number of nitrogens with zero attached hydrogens (tertiary/aromatic N) is 3. The first-order valence-corrected chi connectivity index (χ1v) is 6.34. The molecule has 3 aromatic rings. The number of aromatic nitrogens is 3. The molecular weight excluding hydrogens is 236 g/mol. The van der Waals surface area contributed by atoms with Crippen LogP contribution in [0.3, 0.4) is 0 Å². The molecule has 0 spiro atoms. The second-order valence-corrected chi connectivity index (χ2v) is 4.73. The van der Waals surface area contributed by atoms with Gasteiger partial charge in [-0.15, -0.1) is 0 Å². The van der Waals surface area contributed by atoms with Gasteiger partial charge in [0.2, 0.25) is 0 Å². The predicted molar refractivity (Wildman–Crippen MR) is 74.9 cm³/mol. The van der Waals surface area contributed by atoms with Gasteiger partial charge in [-0.1, -0.05) is 35.9 Å². The maximum absolute atomic E-state index is 5.62. The van der Waals surface area contributed by atoms with Crippen LogP contribution in [0, 0.1) is 6.92 Å². The van der Waals surface area contributed by atoms with Crippen LogP contribution < -0.4 is 5.73 Å². The van der Waals surface area contributed by atoms with Crippen LogP contribution in [0.2, 0.25) is 0 Å². The number of hydrogen-bond acceptors (Lipinski definition) is 3. The lowest BCUT2D eigenvalue weighted by molar-refractivity contribution is 0.884. The van der Waals surface area contributed by atoms with Crippen LogP contribution >= 0.6 is 0 Å². The number of hydrogen-bond donors (Lipinski definition) is 1. The summed E-state index contributed by atoms with van der Waals surface area (Å²) in [6.45, 7) is 2.60. The zero-order valence-electron chi connectivity index (χ0n) is 10.9. The molecule has 0 saturated heterocycles. The van der Waals surface area contributed by atoms with Crippen LogP contribution in [0.15, 0.2) is 42.6 Å². The highest BCUT2D eigenvalue weighted by atomic mass is 15.3. The third kappa shape index (κ3) is 2.48. The Hall–Kier alpha value is -2.20. The molecule has 0 bridgehead atoms. The third-order valence-electron chi connectivity index (χ3n) is 3.15. The molecule has 3 rings (SSSR count). The molecule has 96 valence electrons. The van der Waals surface area contributed by atoms with E-state index in [1.54, 1.807) is 4.52 Å². The molecule has 0 unspecified atom stereocenters. The first-order chi connectivity index (χ1) is 9.24. The Kier molecular flexibility index (Phi) is 3.01. The van der Waals surface area contributed by atoms with Crippen LogP contribution in [0.5, 0.6) is 0 Å². The van der Waals surface area contributed by atoms with Crippen molar-refractivity contribution in [3.05, 3.63) is 65.1 Å². The summed E-state index contributed by atoms with van der Waals surface area (Å²) in [7, 11) is 0. The average molecular weight is 252 g/mol. The number of fused-ring (bicyclic) bond motifs is 1. The number of rotatable bonds is 3. The fourth-order valence-corrected chi connectivity index (χ4v) is 2.06. The summed E-state index contributed by atoms with van der Waals surface area (Å²) in [6.07, 6.45) is 2.68. The van der Waals surface area contributed by atoms with E-state index in [0.29, 0.717) is 6.54 Å². The second kappa shape index (κ2) is 4.82. The smallest absolute Gasteiger partial charge is 0.156 e. The Morgan fingerprint density at radius 1 is 1.05 bits per heavy atom. The van der Waals surface area contributed by atoms with Crippen molar-refractivity contribution in [1.82, 2.24) is 14.6 Å². The van der Waals surface area contributed by atoms with E-state index in [2.05, 4.69) is 41.3 Å². The standard InChI is InChI=1S/C15H16N4/c1-11-2-4-12(5-3-11)8-14-17-15-7-6-13(9-16)10-19(15)18-14/h2-7,10H,8-9,16H2,1H3. The fraction of sp³-hybridized carbons (Fsp3) is 0.200. The fourth-order valence-electron chi connectivity index (χ4n) is 2.06. The number of nitrogens with two attached hydrogens (primary N) is 1. The number of aryl methyl sites for hydroxylation is 1. The topological polar surface area (TPSA) is 56.2 Å². The molecule has 19 heavy (non-hydrogen) atoms. The van der Waals surface area contributed by atoms with E-state index in [1.807, 2.05) is 18.3 Å². The van der Waals surface area contributed by atoms with Crippen molar-refractivity contribution in [3.63, 3.8) is 0 Å². The quantitative estimate of drug-likeness (QED) is 0.776. The van der Waals surface area contributed by atoms with E-state index >= 15 is 0 Å². The summed E-state index contributed by atoms with van der Waals surface area (Å²) in [4.78, 5) is 4.52. The van der Waals surface area contributed by atoms with Crippen LogP contribution in [-0.4, -0.2) is 14.6 Å². The van der Waals surface area contributed by atoms with E-state index in [1.165, 1.54) is 11.1 Å². The van der Waals surface area contributed by atoms with Crippen LogP contribution in [0.1, 0.15) is 22.5 Å². The predicted octanol–water partition coefficient (Wildman–Crippen LogP) is 2.09. The van der Waals surface area contributed by atoms with Gasteiger partial charge in [0, 0.05) is 19.2 Å². The zero-order valence-corrected chi connectivity index (χ0v) is 10.9. The minimum atomic E-state index is 0.517. The van der Waals surface area contributed by atoms with Crippen LogP contribution in [0.4, 0.5) is 0 Å². The van der Waals surface area contributed by atoms with Gasteiger partial charge >= 0.3 is 0 Å². The minimum absolute atomic E-state index is 0.517. The Morgan fingerprint density at radius 2 is 1.79 bits per heavy atom. The molecule has 0 fully saturated rings. The second-order valence-electron chi connectivity index (χ2n) is 4.73. The molecule has 2 heterocycles. The molecule has 0 aliphatic heterocycles. The molecule has 1 aromatic carbocycles. The van der Waals surface area contributed by atoms with Crippen molar-refractivity contribution in [2.75, 3.05) is 0 Å². The molecule has 2 aromatic heterocycles. The maximum Gasteiger partial charge on any atom is 0.156 e. The zero-order chi connectivity index (χ0) is 13.2. The Balaban J connectivity index is 1.90. The Labute approximate surface area is 111 Å². The number of pyridine rings is 1. The van der Waals surface area contributed by atoms with E-state index in [9.17, 15) is 0 Å². The van der Waals surface area contributed by atoms with Gasteiger partial charge in [-0.25, -0.2) is 9.50 Å². The van der Waals surface area contributed by atoms with Crippen molar-refractivity contribution < 1.29 is 0 Å². The third-order valence-corrected chi connectivity index (χ3v) is 3.15. The van der Waals surface area contributed by atoms with Crippen molar-refractivity contribution >= 4 is 5.65 Å². The molecule has 0 radical (unpaired) electrons. The summed E-state index contributed by atoms with van der Waals surface area (Å²) in [5, 5.41) is 4.49. The van der Waals surface area contributed by atoms with E-state index in [4.69, 9.17) is 5.73 Å². The largest absolute Gasteiger partial charge is 0.326 e. The van der Waals surface area contributed by atoms with Crippen molar-refractivity contribution in [1.29, 1.82) is 0 Å². The van der Waals surface area contributed by atoms with Gasteiger partial charge in [0.25, 0.3) is 0 Å². The van der Waals surface area contributed by atoms with Crippen LogP contribution in [-0.2, 0) is 13.0 Å². The summed E-state index contributed by atoms with van der Waals surface area (Å²) in [5.74, 6) is 0.832. The van der Waals surface area contributed by atoms with Gasteiger partial charge in [-0.05, 0) is 24.1 Å². The molecule has 0 amide bonds. The molecule has 0 aliphatic carbocycles. The first kappa shape index (κ1) is 11.9. The maximum atomic E-state index is 5.62. The van der Waals surface area contributed by atoms with Gasteiger partial charge in [0.15, 0.2) is 11.5 Å². The molecular formula is C15H16N4. The summed E-state index contributed by atoms with van der Waals surface area (Å²) in [6, 6.07) is 12.4. The lowest BCUT2D eigenvalue weighted by Crippen LogP contribution is -1.99. The highest BCUT2D eigenvalue weighted by Gasteiger charge is 2.05. The Morgan fingerprint density at radius 3 is 2.53 bits per heavy atom. The van der Waals surface area contributed by atoms with Crippen molar-refractivity contribution in [2.24, 2.45) is 5.73 Å². The molecule has 4 heteroatoms. The average Bonchev–Trinajstić information content (AvgIpc) is 2.82. The van der Waals surface area contributed by atoms with E-state index in [0.717, 1.165) is 23.5 Å². The monoisotopic (exact) mass is 252 g/mol. The van der Waals surface area contributed by atoms with E-state index in [-0.39, 0.29) is 0 Å². The summed E-state index contributed by atoms with van der Waals surface area (Å²) in [5.41, 5.74) is 10.0. The lowest BCUT2D eigenvalue weighted by atomic mass is 10.1. The summed E-state index contributed by atoms with van der Waals surface area (Å²) >= 11 is 0. The lowest BCUT2D eigenvalue weighted by Gasteiger charge is -1.97. The van der Waals surface area contributed by atoms with Gasteiger partial charge < -0.3 is 5.73 Å².